The number of unbranched alkanes of at least 4 members (excludes halogenated alkanes) is 3. The molecule has 3 saturated heterocycles. The molecule has 7 heteroatoms. The normalized spacial score (nSPS) is 28.7. The van der Waals surface area contributed by atoms with Gasteiger partial charge in [0, 0.05) is 30.2 Å². The Kier molecular flexibility index (Phi) is 8.10. The fourth-order valence-corrected chi connectivity index (χ4v) is 7.37. The van der Waals surface area contributed by atoms with Gasteiger partial charge in [-0.05, 0) is 88.5 Å². The second-order valence-corrected chi connectivity index (χ2v) is 11.4. The summed E-state index contributed by atoms with van der Waals surface area (Å²) in [6, 6.07) is 3.37. The van der Waals surface area contributed by atoms with Gasteiger partial charge < -0.3 is 5.32 Å². The first-order chi connectivity index (χ1) is 17.0. The number of hydrogen-bond donors (Lipinski definition) is 1. The number of benzene rings is 1. The van der Waals surface area contributed by atoms with Gasteiger partial charge >= 0.3 is 0 Å². The molecule has 4 atom stereocenters. The lowest BCUT2D eigenvalue weighted by Crippen LogP contribution is -2.59. The fourth-order valence-electron chi connectivity index (χ4n) is 7.18. The molecule has 4 nitrogen and oxygen atoms in total. The summed E-state index contributed by atoms with van der Waals surface area (Å²) in [7, 11) is 0. The average Bonchev–Trinajstić information content (AvgIpc) is 2.83. The van der Waals surface area contributed by atoms with E-state index in [1.165, 1.54) is 58.2 Å². The third-order valence-electron chi connectivity index (χ3n) is 8.65. The molecule has 1 aromatic rings. The Labute approximate surface area is 213 Å². The lowest BCUT2D eigenvalue weighted by molar-refractivity contribution is -0.000974. The molecule has 3 heterocycles. The van der Waals surface area contributed by atoms with Crippen molar-refractivity contribution in [2.24, 2.45) is 11.8 Å². The van der Waals surface area contributed by atoms with Crippen molar-refractivity contribution in [3.05, 3.63) is 46.0 Å². The summed E-state index contributed by atoms with van der Waals surface area (Å²) in [4.78, 5) is 17.7. The van der Waals surface area contributed by atoms with Gasteiger partial charge in [0.05, 0.1) is 0 Å². The van der Waals surface area contributed by atoms with Crippen molar-refractivity contribution >= 4 is 17.5 Å². The maximum absolute atomic E-state index is 13.9. The van der Waals surface area contributed by atoms with Crippen LogP contribution in [0.25, 0.3) is 0 Å². The molecule has 2 bridgehead atoms. The highest BCUT2D eigenvalue weighted by molar-refractivity contribution is 6.30. The topological polar surface area (TPSA) is 35.6 Å². The van der Waals surface area contributed by atoms with E-state index >= 15 is 0 Å². The Morgan fingerprint density at radius 1 is 1.06 bits per heavy atom. The summed E-state index contributed by atoms with van der Waals surface area (Å²) in [6.07, 6.45) is 14.8. The number of halogens is 3. The van der Waals surface area contributed by atoms with Crippen molar-refractivity contribution in [3.8, 4) is 0 Å². The van der Waals surface area contributed by atoms with Crippen LogP contribution in [-0.2, 0) is 0 Å². The van der Waals surface area contributed by atoms with Gasteiger partial charge in [0.15, 0.2) is 0 Å². The van der Waals surface area contributed by atoms with Gasteiger partial charge in [-0.3, -0.25) is 14.6 Å². The average molecular weight is 506 g/mol. The number of rotatable bonds is 8. The molecule has 35 heavy (non-hydrogen) atoms. The van der Waals surface area contributed by atoms with Crippen molar-refractivity contribution in [2.45, 2.75) is 76.3 Å². The predicted octanol–water partition coefficient (Wildman–Crippen LogP) is 5.80. The van der Waals surface area contributed by atoms with Crippen molar-refractivity contribution in [3.63, 3.8) is 0 Å². The summed E-state index contributed by atoms with van der Waals surface area (Å²) in [6.45, 7) is 5.34. The van der Waals surface area contributed by atoms with E-state index in [0.717, 1.165) is 62.2 Å². The maximum atomic E-state index is 13.9. The van der Waals surface area contributed by atoms with Crippen molar-refractivity contribution in [1.82, 2.24) is 15.1 Å². The Morgan fingerprint density at radius 3 is 2.69 bits per heavy atom. The number of piperidine rings is 3. The summed E-state index contributed by atoms with van der Waals surface area (Å²) in [5, 5.41) is 2.58. The second-order valence-electron chi connectivity index (χ2n) is 11.0. The Morgan fingerprint density at radius 2 is 1.86 bits per heavy atom. The van der Waals surface area contributed by atoms with Gasteiger partial charge in [-0.1, -0.05) is 42.5 Å². The van der Waals surface area contributed by atoms with E-state index in [4.69, 9.17) is 11.6 Å². The van der Waals surface area contributed by atoms with E-state index in [-0.39, 0.29) is 5.02 Å². The van der Waals surface area contributed by atoms with Crippen LogP contribution in [0.3, 0.4) is 0 Å². The van der Waals surface area contributed by atoms with Crippen LogP contribution in [0.2, 0.25) is 5.02 Å². The Bertz CT molecular complexity index is 931. The lowest BCUT2D eigenvalue weighted by Gasteiger charge is -2.55. The van der Waals surface area contributed by atoms with E-state index in [2.05, 4.69) is 21.2 Å². The van der Waals surface area contributed by atoms with E-state index < -0.39 is 23.1 Å². The SMILES string of the molecule is O=C(NCCCCCCN1CCCC2=C[C@@H]3C[C@@H](CN4CCCC[C@H]34)[C@@H]21)c1c(F)cc(Cl)cc1F. The highest BCUT2D eigenvalue weighted by Crippen LogP contribution is 2.45. The molecule has 4 aliphatic rings. The number of fused-ring (bicyclic) bond motifs is 6. The van der Waals surface area contributed by atoms with Gasteiger partial charge in [0.1, 0.15) is 17.2 Å². The fraction of sp³-hybridized carbons (Fsp3) is 0.679. The van der Waals surface area contributed by atoms with Gasteiger partial charge in [-0.2, -0.15) is 0 Å². The molecule has 0 radical (unpaired) electrons. The van der Waals surface area contributed by atoms with E-state index in [0.29, 0.717) is 12.6 Å². The molecule has 5 rings (SSSR count). The van der Waals surface area contributed by atoms with Crippen LogP contribution in [0.4, 0.5) is 8.78 Å². The molecule has 1 N–H and O–H groups in total. The number of carbonyl (C=O) groups is 1. The predicted molar refractivity (Wildman–Crippen MR) is 136 cm³/mol. The van der Waals surface area contributed by atoms with Crippen LogP contribution in [-0.4, -0.2) is 60.5 Å². The number of nitrogens with zero attached hydrogens (tertiary/aromatic N) is 2. The number of amides is 1. The first kappa shape index (κ1) is 25.2. The maximum Gasteiger partial charge on any atom is 0.257 e. The summed E-state index contributed by atoms with van der Waals surface area (Å²) in [5.41, 5.74) is 1.17. The Hall–Kier alpha value is -1.50. The highest BCUT2D eigenvalue weighted by Gasteiger charge is 2.45. The van der Waals surface area contributed by atoms with Crippen molar-refractivity contribution in [2.75, 3.05) is 32.7 Å². The smallest absolute Gasteiger partial charge is 0.257 e. The summed E-state index contributed by atoms with van der Waals surface area (Å²) < 4.78 is 27.8. The highest BCUT2D eigenvalue weighted by atomic mass is 35.5. The van der Waals surface area contributed by atoms with Crippen LogP contribution in [0.5, 0.6) is 0 Å². The third kappa shape index (κ3) is 5.60. The number of likely N-dealkylation sites (tertiary alicyclic amines) is 1. The van der Waals surface area contributed by atoms with Crippen LogP contribution in [0.1, 0.15) is 74.6 Å². The molecule has 1 aliphatic carbocycles. The van der Waals surface area contributed by atoms with Gasteiger partial charge in [0.2, 0.25) is 0 Å². The molecule has 0 aromatic heterocycles. The van der Waals surface area contributed by atoms with Gasteiger partial charge in [-0.25, -0.2) is 8.78 Å². The lowest BCUT2D eigenvalue weighted by atomic mass is 9.68. The van der Waals surface area contributed by atoms with Gasteiger partial charge in [0.25, 0.3) is 5.91 Å². The molecule has 192 valence electrons. The van der Waals surface area contributed by atoms with Gasteiger partial charge in [-0.15, -0.1) is 0 Å². The largest absolute Gasteiger partial charge is 0.352 e. The zero-order valence-corrected chi connectivity index (χ0v) is 21.3. The zero-order valence-electron chi connectivity index (χ0n) is 20.6. The second kappa shape index (κ2) is 11.3. The molecular formula is C28H38ClF2N3O. The zero-order chi connectivity index (χ0) is 24.4. The molecule has 3 aliphatic heterocycles. The molecule has 3 fully saturated rings. The van der Waals surface area contributed by atoms with Crippen molar-refractivity contribution < 1.29 is 13.6 Å². The number of carbonyl (C=O) groups excluding carboxylic acids is 1. The van der Waals surface area contributed by atoms with Crippen molar-refractivity contribution in [1.29, 1.82) is 0 Å². The summed E-state index contributed by atoms with van der Waals surface area (Å²) >= 11 is 5.63. The summed E-state index contributed by atoms with van der Waals surface area (Å²) in [5.74, 6) is -0.998. The number of nitrogens with one attached hydrogen (secondary N) is 1. The quantitative estimate of drug-likeness (QED) is 0.358. The van der Waals surface area contributed by atoms with Crippen LogP contribution in [0.15, 0.2) is 23.8 Å². The van der Waals surface area contributed by atoms with Crippen LogP contribution >= 0.6 is 11.6 Å². The van der Waals surface area contributed by atoms with Crippen LogP contribution in [0, 0.1) is 23.5 Å². The molecule has 0 saturated carbocycles. The van der Waals surface area contributed by atoms with E-state index in [9.17, 15) is 13.6 Å². The minimum atomic E-state index is -0.926. The molecule has 0 unspecified atom stereocenters. The number of hydrogen-bond acceptors (Lipinski definition) is 3. The Balaban J connectivity index is 1.05. The van der Waals surface area contributed by atoms with Crippen LogP contribution < -0.4 is 5.32 Å². The molecule has 0 spiro atoms. The van der Waals surface area contributed by atoms with E-state index in [1.807, 2.05) is 0 Å². The molecule has 1 amide bonds. The van der Waals surface area contributed by atoms with E-state index in [1.54, 1.807) is 5.57 Å². The standard InChI is InChI=1S/C28H38ClF2N3O/c29-22-16-23(30)26(24(31)17-22)28(35)32-10-4-1-2-5-11-33-13-7-8-19-14-20-15-21(27(19)33)18-34-12-6-3-9-25(20)34/h14,16-17,20-21,25,27H,1-13,15,18H2,(H,32,35)/t20-,21+,25-,27-/m1/s1. The minimum Gasteiger partial charge on any atom is -0.352 e. The monoisotopic (exact) mass is 505 g/mol. The minimum absolute atomic E-state index is 0.0555. The molecular weight excluding hydrogens is 468 g/mol. The first-order valence-electron chi connectivity index (χ1n) is 13.6. The molecule has 1 aromatic carbocycles. The third-order valence-corrected chi connectivity index (χ3v) is 8.87. The first-order valence-corrected chi connectivity index (χ1v) is 14.0.